The summed E-state index contributed by atoms with van der Waals surface area (Å²) in [4.78, 5) is 0.884. The maximum atomic E-state index is 12.6. The van der Waals surface area contributed by atoms with E-state index in [1.165, 1.54) is 34.8 Å². The van der Waals surface area contributed by atoms with Crippen LogP contribution in [0.5, 0.6) is 0 Å². The number of benzene rings is 1. The molecule has 4 nitrogen and oxygen atoms in total. The van der Waals surface area contributed by atoms with E-state index >= 15 is 0 Å². The molecule has 0 saturated carbocycles. The number of nitrogen functional groups attached to an aromatic ring is 1. The lowest BCUT2D eigenvalue weighted by molar-refractivity contribution is 0.469. The Kier molecular flexibility index (Phi) is 5.23. The minimum atomic E-state index is -3.72. The second-order valence-corrected chi connectivity index (χ2v) is 9.32. The molecule has 0 unspecified atom stereocenters. The van der Waals surface area contributed by atoms with Crippen LogP contribution >= 0.6 is 50.5 Å². The van der Waals surface area contributed by atoms with Gasteiger partial charge in [-0.25, -0.2) is 8.42 Å². The number of anilines is 1. The van der Waals surface area contributed by atoms with E-state index in [0.29, 0.717) is 8.81 Å². The van der Waals surface area contributed by atoms with Crippen LogP contribution < -0.4 is 5.73 Å². The number of sulfonamides is 1. The minimum absolute atomic E-state index is 0.0395. The van der Waals surface area contributed by atoms with Gasteiger partial charge in [0.25, 0.3) is 0 Å². The van der Waals surface area contributed by atoms with Gasteiger partial charge in [-0.05, 0) is 40.2 Å². The molecule has 0 bridgehead atoms. The van der Waals surface area contributed by atoms with E-state index in [9.17, 15) is 8.42 Å². The van der Waals surface area contributed by atoms with Crippen molar-refractivity contribution in [3.8, 4) is 0 Å². The zero-order valence-corrected chi connectivity index (χ0v) is 15.5. The molecule has 1 aromatic heterocycles. The van der Waals surface area contributed by atoms with E-state index in [-0.39, 0.29) is 22.2 Å². The summed E-state index contributed by atoms with van der Waals surface area (Å²) in [6, 6.07) is 6.38. The average molecular weight is 430 g/mol. The van der Waals surface area contributed by atoms with E-state index in [1.54, 1.807) is 12.1 Å². The summed E-state index contributed by atoms with van der Waals surface area (Å²) in [5.41, 5.74) is 6.02. The molecule has 0 aliphatic rings. The molecule has 1 heterocycles. The number of thiophene rings is 1. The fourth-order valence-electron chi connectivity index (χ4n) is 1.68. The molecule has 0 atom stereocenters. The van der Waals surface area contributed by atoms with Crippen LogP contribution in [0, 0.1) is 0 Å². The third-order valence-corrected chi connectivity index (χ3v) is 7.14. The molecule has 114 valence electrons. The Morgan fingerprint density at radius 2 is 2.00 bits per heavy atom. The fraction of sp³-hybridized carbons (Fsp3) is 0.167. The molecule has 0 spiro atoms. The van der Waals surface area contributed by atoms with Crippen LogP contribution in [-0.4, -0.2) is 19.8 Å². The molecule has 0 aliphatic heterocycles. The second-order valence-electron chi connectivity index (χ2n) is 4.27. The predicted molar refractivity (Wildman–Crippen MR) is 91.5 cm³/mol. The Morgan fingerprint density at radius 1 is 1.33 bits per heavy atom. The van der Waals surface area contributed by atoms with E-state index in [2.05, 4.69) is 15.9 Å². The highest BCUT2D eigenvalue weighted by Crippen LogP contribution is 2.33. The van der Waals surface area contributed by atoms with Crippen LogP contribution in [0.2, 0.25) is 9.36 Å². The van der Waals surface area contributed by atoms with Gasteiger partial charge in [0.15, 0.2) is 0 Å². The number of halogens is 3. The molecule has 2 aromatic rings. The Hall–Kier alpha value is -0.310. The highest BCUT2D eigenvalue weighted by atomic mass is 79.9. The molecule has 2 N–H and O–H groups in total. The first-order chi connectivity index (χ1) is 9.71. The van der Waals surface area contributed by atoms with E-state index < -0.39 is 10.0 Å². The molecular weight excluding hydrogens is 419 g/mol. The average Bonchev–Trinajstić information content (AvgIpc) is 2.79. The zero-order valence-electron chi connectivity index (χ0n) is 10.8. The predicted octanol–water partition coefficient (Wildman–Crippen LogP) is 4.22. The van der Waals surface area contributed by atoms with Gasteiger partial charge in [0.1, 0.15) is 0 Å². The standard InChI is InChI=1S/C12H11BrCl2N2O2S2/c1-17(6-8-2-3-11(15)20-8)21(18,19)10-5-7(14)4-9(16)12(10)13/h2-5H,6,16H2,1H3. The van der Waals surface area contributed by atoms with Crippen molar-refractivity contribution in [3.05, 3.63) is 43.0 Å². The van der Waals surface area contributed by atoms with Crippen LogP contribution in [0.25, 0.3) is 0 Å². The minimum Gasteiger partial charge on any atom is -0.398 e. The summed E-state index contributed by atoms with van der Waals surface area (Å²) < 4.78 is 27.4. The summed E-state index contributed by atoms with van der Waals surface area (Å²) in [6.07, 6.45) is 0. The molecule has 2 rings (SSSR count). The van der Waals surface area contributed by atoms with Crippen molar-refractivity contribution in [2.75, 3.05) is 12.8 Å². The van der Waals surface area contributed by atoms with Crippen molar-refractivity contribution in [1.29, 1.82) is 0 Å². The topological polar surface area (TPSA) is 63.4 Å². The number of hydrogen-bond donors (Lipinski definition) is 1. The highest BCUT2D eigenvalue weighted by Gasteiger charge is 2.25. The van der Waals surface area contributed by atoms with Crippen LogP contribution in [0.15, 0.2) is 33.6 Å². The third kappa shape index (κ3) is 3.72. The van der Waals surface area contributed by atoms with Crippen LogP contribution in [0.3, 0.4) is 0 Å². The maximum Gasteiger partial charge on any atom is 0.244 e. The number of rotatable bonds is 4. The van der Waals surface area contributed by atoms with Gasteiger partial charge in [-0.2, -0.15) is 4.31 Å². The molecule has 1 aromatic carbocycles. The molecule has 0 radical (unpaired) electrons. The Labute approximate surface area is 145 Å². The summed E-state index contributed by atoms with van der Waals surface area (Å²) in [5, 5.41) is 0.266. The van der Waals surface area contributed by atoms with E-state index in [0.717, 1.165) is 4.88 Å². The largest absolute Gasteiger partial charge is 0.398 e. The SMILES string of the molecule is CN(Cc1ccc(Cl)s1)S(=O)(=O)c1cc(Cl)cc(N)c1Br. The molecule has 21 heavy (non-hydrogen) atoms. The number of nitrogens with zero attached hydrogens (tertiary/aromatic N) is 1. The molecule has 9 heteroatoms. The van der Waals surface area contributed by atoms with Crippen molar-refractivity contribution in [3.63, 3.8) is 0 Å². The lowest BCUT2D eigenvalue weighted by Crippen LogP contribution is -2.26. The van der Waals surface area contributed by atoms with Crippen LogP contribution in [0.1, 0.15) is 4.88 Å². The van der Waals surface area contributed by atoms with E-state index in [4.69, 9.17) is 28.9 Å². The third-order valence-electron chi connectivity index (χ3n) is 2.73. The first-order valence-electron chi connectivity index (χ1n) is 5.67. The molecule has 0 fully saturated rings. The summed E-state index contributed by atoms with van der Waals surface area (Å²) in [7, 11) is -2.23. The zero-order chi connectivity index (χ0) is 15.8. The first kappa shape index (κ1) is 17.1. The Balaban J connectivity index is 2.37. The second kappa shape index (κ2) is 6.44. The quantitative estimate of drug-likeness (QED) is 0.740. The summed E-state index contributed by atoms with van der Waals surface area (Å²) >= 11 is 16.3. The highest BCUT2D eigenvalue weighted by molar-refractivity contribution is 9.10. The van der Waals surface area contributed by atoms with Gasteiger partial charge in [-0.3, -0.25) is 0 Å². The van der Waals surface area contributed by atoms with Crippen molar-refractivity contribution in [2.24, 2.45) is 0 Å². The van der Waals surface area contributed by atoms with Gasteiger partial charge in [0.05, 0.1) is 13.7 Å². The van der Waals surface area contributed by atoms with Crippen molar-refractivity contribution in [2.45, 2.75) is 11.4 Å². The molecular formula is C12H11BrCl2N2O2S2. The van der Waals surface area contributed by atoms with Gasteiger partial charge in [0.2, 0.25) is 10.0 Å². The van der Waals surface area contributed by atoms with Gasteiger partial charge in [-0.1, -0.05) is 23.2 Å². The van der Waals surface area contributed by atoms with Crippen LogP contribution in [0.4, 0.5) is 5.69 Å². The number of hydrogen-bond acceptors (Lipinski definition) is 4. The maximum absolute atomic E-state index is 12.6. The normalized spacial score (nSPS) is 12.0. The smallest absolute Gasteiger partial charge is 0.244 e. The van der Waals surface area contributed by atoms with Gasteiger partial charge in [-0.15, -0.1) is 11.3 Å². The van der Waals surface area contributed by atoms with E-state index in [1.807, 2.05) is 0 Å². The summed E-state index contributed by atoms with van der Waals surface area (Å²) in [5.74, 6) is 0. The molecule has 0 amide bonds. The first-order valence-corrected chi connectivity index (χ1v) is 9.47. The number of nitrogens with two attached hydrogens (primary N) is 1. The molecule has 0 aliphatic carbocycles. The van der Waals surface area contributed by atoms with Gasteiger partial charge < -0.3 is 5.73 Å². The van der Waals surface area contributed by atoms with Crippen molar-refractivity contribution < 1.29 is 8.42 Å². The molecule has 0 saturated heterocycles. The summed E-state index contributed by atoms with van der Waals surface area (Å²) in [6.45, 7) is 0.221. The monoisotopic (exact) mass is 428 g/mol. The lowest BCUT2D eigenvalue weighted by Gasteiger charge is -2.18. The van der Waals surface area contributed by atoms with Crippen molar-refractivity contribution >= 4 is 66.2 Å². The van der Waals surface area contributed by atoms with Crippen LogP contribution in [-0.2, 0) is 16.6 Å². The van der Waals surface area contributed by atoms with Crippen molar-refractivity contribution in [1.82, 2.24) is 4.31 Å². The van der Waals surface area contributed by atoms with Gasteiger partial charge in [0, 0.05) is 29.2 Å². The fourth-order valence-corrected chi connectivity index (χ4v) is 5.30. The van der Waals surface area contributed by atoms with Gasteiger partial charge >= 0.3 is 0 Å². The Bertz CT molecular complexity index is 778. The lowest BCUT2D eigenvalue weighted by atomic mass is 10.3. The Morgan fingerprint density at radius 3 is 2.57 bits per heavy atom.